The van der Waals surface area contributed by atoms with Gasteiger partial charge in [0.15, 0.2) is 0 Å². The van der Waals surface area contributed by atoms with E-state index in [9.17, 15) is 4.79 Å². The van der Waals surface area contributed by atoms with E-state index in [2.05, 4.69) is 4.90 Å². The summed E-state index contributed by atoms with van der Waals surface area (Å²) in [5.74, 6) is 1.64. The minimum absolute atomic E-state index is 0.0278. The van der Waals surface area contributed by atoms with Crippen molar-refractivity contribution in [2.45, 2.75) is 31.0 Å². The fourth-order valence-corrected chi connectivity index (χ4v) is 4.25. The quantitative estimate of drug-likeness (QED) is 0.746. The van der Waals surface area contributed by atoms with Gasteiger partial charge in [0, 0.05) is 32.5 Å². The number of carbonyl (C=O) groups is 1. The lowest BCUT2D eigenvalue weighted by atomic mass is 9.87. The van der Waals surface area contributed by atoms with E-state index < -0.39 is 0 Å². The normalized spacial score (nSPS) is 42.0. The van der Waals surface area contributed by atoms with E-state index in [-0.39, 0.29) is 17.6 Å². The topological polar surface area (TPSA) is 48.0 Å². The van der Waals surface area contributed by atoms with Gasteiger partial charge in [0.25, 0.3) is 0 Å². The van der Waals surface area contributed by atoms with Gasteiger partial charge in [0.1, 0.15) is 0 Å². The lowest BCUT2D eigenvalue weighted by Crippen LogP contribution is -2.47. The standard InChI is InChI=1S/C15H23NO4/c1-18-10-6-15(20-7-10)2-4-16(5-3-15)14(17)13-11-8-19-9-12(11)13/h10-13H,2-9H2,1H3/t10?,11-,12+,13?. The summed E-state index contributed by atoms with van der Waals surface area (Å²) in [7, 11) is 1.75. The maximum Gasteiger partial charge on any atom is 0.226 e. The number of methoxy groups -OCH3 is 1. The highest BCUT2D eigenvalue weighted by Crippen LogP contribution is 2.52. The largest absolute Gasteiger partial charge is 0.381 e. The van der Waals surface area contributed by atoms with E-state index in [1.807, 2.05) is 0 Å². The zero-order valence-corrected chi connectivity index (χ0v) is 12.0. The van der Waals surface area contributed by atoms with Gasteiger partial charge in [0.2, 0.25) is 5.91 Å². The number of fused-ring (bicyclic) bond motifs is 1. The highest BCUT2D eigenvalue weighted by atomic mass is 16.6. The van der Waals surface area contributed by atoms with Crippen molar-refractivity contribution in [2.24, 2.45) is 17.8 Å². The molecule has 0 N–H and O–H groups in total. The summed E-state index contributed by atoms with van der Waals surface area (Å²) in [6, 6.07) is 0. The maximum atomic E-state index is 12.5. The highest BCUT2D eigenvalue weighted by molar-refractivity contribution is 5.82. The predicted molar refractivity (Wildman–Crippen MR) is 71.2 cm³/mol. The number of hydrogen-bond acceptors (Lipinski definition) is 4. The number of ether oxygens (including phenoxy) is 3. The molecule has 5 heteroatoms. The summed E-state index contributed by atoms with van der Waals surface area (Å²) < 4.78 is 16.7. The monoisotopic (exact) mass is 281 g/mol. The molecule has 3 saturated heterocycles. The molecule has 5 nitrogen and oxygen atoms in total. The first-order valence-electron chi connectivity index (χ1n) is 7.76. The zero-order valence-electron chi connectivity index (χ0n) is 12.0. The van der Waals surface area contributed by atoms with Gasteiger partial charge in [-0.3, -0.25) is 4.79 Å². The first-order valence-corrected chi connectivity index (χ1v) is 7.76. The van der Waals surface area contributed by atoms with Crippen molar-refractivity contribution in [3.8, 4) is 0 Å². The molecule has 112 valence electrons. The lowest BCUT2D eigenvalue weighted by Gasteiger charge is -2.38. The Morgan fingerprint density at radius 3 is 2.50 bits per heavy atom. The van der Waals surface area contributed by atoms with Crippen LogP contribution in [0.2, 0.25) is 0 Å². The van der Waals surface area contributed by atoms with Crippen LogP contribution in [0.4, 0.5) is 0 Å². The minimum atomic E-state index is -0.0278. The summed E-state index contributed by atoms with van der Waals surface area (Å²) in [5, 5.41) is 0. The molecule has 0 aromatic carbocycles. The van der Waals surface area contributed by atoms with Crippen LogP contribution in [0.25, 0.3) is 0 Å². The fraction of sp³-hybridized carbons (Fsp3) is 0.933. The Morgan fingerprint density at radius 1 is 1.20 bits per heavy atom. The summed E-state index contributed by atoms with van der Waals surface area (Å²) in [6.45, 7) is 3.96. The average molecular weight is 281 g/mol. The van der Waals surface area contributed by atoms with Crippen molar-refractivity contribution in [3.05, 3.63) is 0 Å². The number of piperidine rings is 1. The maximum absolute atomic E-state index is 12.5. The van der Waals surface area contributed by atoms with E-state index in [1.54, 1.807) is 7.11 Å². The molecule has 4 atom stereocenters. The summed E-state index contributed by atoms with van der Waals surface area (Å²) in [6.07, 6.45) is 3.12. The molecule has 4 fully saturated rings. The van der Waals surface area contributed by atoms with Crippen molar-refractivity contribution >= 4 is 5.91 Å². The molecule has 1 amide bonds. The fourth-order valence-electron chi connectivity index (χ4n) is 4.25. The molecular weight excluding hydrogens is 258 g/mol. The van der Waals surface area contributed by atoms with Crippen molar-refractivity contribution in [3.63, 3.8) is 0 Å². The Hall–Kier alpha value is -0.650. The van der Waals surface area contributed by atoms with Gasteiger partial charge in [-0.2, -0.15) is 0 Å². The molecular formula is C15H23NO4. The van der Waals surface area contributed by atoms with E-state index in [0.717, 1.165) is 45.6 Å². The van der Waals surface area contributed by atoms with Crippen LogP contribution in [0.3, 0.4) is 0 Å². The van der Waals surface area contributed by atoms with Crippen LogP contribution in [0, 0.1) is 17.8 Å². The SMILES string of the molecule is COC1COC2(CCN(C(=O)C3[C@H]4COC[C@@H]34)CC2)C1. The number of nitrogens with zero attached hydrogens (tertiary/aromatic N) is 1. The van der Waals surface area contributed by atoms with Gasteiger partial charge in [0.05, 0.1) is 31.5 Å². The van der Waals surface area contributed by atoms with Crippen molar-refractivity contribution in [1.29, 1.82) is 0 Å². The van der Waals surface area contributed by atoms with E-state index >= 15 is 0 Å². The second-order valence-corrected chi connectivity index (χ2v) is 6.77. The number of carbonyl (C=O) groups excluding carboxylic acids is 1. The Balaban J connectivity index is 1.32. The van der Waals surface area contributed by atoms with Gasteiger partial charge < -0.3 is 19.1 Å². The summed E-state index contributed by atoms with van der Waals surface area (Å²) in [5.41, 5.74) is -0.0278. The molecule has 1 saturated carbocycles. The zero-order chi connectivity index (χ0) is 13.7. The van der Waals surface area contributed by atoms with Crippen LogP contribution in [-0.2, 0) is 19.0 Å². The van der Waals surface area contributed by atoms with Gasteiger partial charge in [-0.1, -0.05) is 0 Å². The molecule has 20 heavy (non-hydrogen) atoms. The molecule has 0 bridgehead atoms. The second kappa shape index (κ2) is 4.68. The number of likely N-dealkylation sites (tertiary alicyclic amines) is 1. The van der Waals surface area contributed by atoms with Crippen LogP contribution < -0.4 is 0 Å². The van der Waals surface area contributed by atoms with Crippen molar-refractivity contribution < 1.29 is 19.0 Å². The third-order valence-corrected chi connectivity index (χ3v) is 5.73. The number of rotatable bonds is 2. The van der Waals surface area contributed by atoms with Crippen LogP contribution >= 0.6 is 0 Å². The van der Waals surface area contributed by atoms with Crippen LogP contribution in [-0.4, -0.2) is 62.5 Å². The molecule has 2 unspecified atom stereocenters. The number of hydrogen-bond donors (Lipinski definition) is 0. The molecule has 0 aromatic rings. The van der Waals surface area contributed by atoms with Gasteiger partial charge in [-0.15, -0.1) is 0 Å². The first kappa shape index (κ1) is 13.0. The van der Waals surface area contributed by atoms with Crippen molar-refractivity contribution in [1.82, 2.24) is 4.90 Å². The molecule has 4 rings (SSSR count). The molecule has 3 heterocycles. The van der Waals surface area contributed by atoms with E-state index in [1.165, 1.54) is 0 Å². The third kappa shape index (κ3) is 1.98. The van der Waals surface area contributed by atoms with Crippen LogP contribution in [0.5, 0.6) is 0 Å². The van der Waals surface area contributed by atoms with Crippen molar-refractivity contribution in [2.75, 3.05) is 40.0 Å². The van der Waals surface area contributed by atoms with E-state index in [4.69, 9.17) is 14.2 Å². The van der Waals surface area contributed by atoms with E-state index in [0.29, 0.717) is 24.3 Å². The van der Waals surface area contributed by atoms with Gasteiger partial charge in [-0.05, 0) is 24.7 Å². The summed E-state index contributed by atoms with van der Waals surface area (Å²) in [4.78, 5) is 14.6. The molecule has 4 aliphatic rings. The molecule has 0 radical (unpaired) electrons. The molecule has 3 aliphatic heterocycles. The van der Waals surface area contributed by atoms with Crippen LogP contribution in [0.1, 0.15) is 19.3 Å². The Labute approximate surface area is 119 Å². The Bertz CT molecular complexity index is 395. The average Bonchev–Trinajstić information content (AvgIpc) is 2.83. The Morgan fingerprint density at radius 2 is 1.90 bits per heavy atom. The summed E-state index contributed by atoms with van der Waals surface area (Å²) >= 11 is 0. The lowest BCUT2D eigenvalue weighted by molar-refractivity contribution is -0.138. The molecule has 1 aliphatic carbocycles. The third-order valence-electron chi connectivity index (χ3n) is 5.73. The highest BCUT2D eigenvalue weighted by Gasteiger charge is 2.59. The molecule has 1 spiro atoms. The first-order chi connectivity index (χ1) is 9.72. The smallest absolute Gasteiger partial charge is 0.226 e. The van der Waals surface area contributed by atoms with Gasteiger partial charge in [-0.25, -0.2) is 0 Å². The number of amides is 1. The predicted octanol–water partition coefficient (Wildman–Crippen LogP) is 0.675. The van der Waals surface area contributed by atoms with Crippen LogP contribution in [0.15, 0.2) is 0 Å². The Kier molecular flexibility index (Phi) is 3.05. The van der Waals surface area contributed by atoms with Gasteiger partial charge >= 0.3 is 0 Å². The minimum Gasteiger partial charge on any atom is -0.381 e. The second-order valence-electron chi connectivity index (χ2n) is 6.77. The molecule has 0 aromatic heterocycles.